The van der Waals surface area contributed by atoms with Crippen LogP contribution in [0.5, 0.6) is 0 Å². The second-order valence-electron chi connectivity index (χ2n) is 3.66. The van der Waals surface area contributed by atoms with Gasteiger partial charge in [0.05, 0.1) is 4.90 Å². The van der Waals surface area contributed by atoms with E-state index in [1.165, 1.54) is 18.3 Å². The van der Waals surface area contributed by atoms with E-state index in [4.69, 9.17) is 5.11 Å². The average molecular weight is 252 g/mol. The molecule has 2 aromatic rings. The second-order valence-corrected chi connectivity index (χ2v) is 5.56. The Morgan fingerprint density at radius 2 is 1.94 bits per heavy atom. The highest BCUT2D eigenvalue weighted by Crippen LogP contribution is 2.19. The zero-order valence-corrected chi connectivity index (χ0v) is 10.0. The summed E-state index contributed by atoms with van der Waals surface area (Å²) in [6.45, 7) is 1.57. The van der Waals surface area contributed by atoms with Crippen LogP contribution in [-0.4, -0.2) is 23.5 Å². The van der Waals surface area contributed by atoms with Crippen LogP contribution in [-0.2, 0) is 16.4 Å². The van der Waals surface area contributed by atoms with Crippen molar-refractivity contribution in [3.05, 3.63) is 41.9 Å². The van der Waals surface area contributed by atoms with E-state index in [0.29, 0.717) is 0 Å². The molecular formula is C11H12N2O3S. The van der Waals surface area contributed by atoms with Gasteiger partial charge in [0.1, 0.15) is 12.4 Å². The average Bonchev–Trinajstić information content (AvgIpc) is 2.78. The van der Waals surface area contributed by atoms with Crippen molar-refractivity contribution in [2.75, 3.05) is 0 Å². The maximum Gasteiger partial charge on any atom is 0.225 e. The standard InChI is InChI=1S/C11H12N2O3S/c1-8-2-4-9(5-3-8)17(15,16)11-6-12-10(7-14)13-11/h2-6,14H,7H2,1H3,(H,12,13). The third-order valence-electron chi connectivity index (χ3n) is 2.36. The predicted molar refractivity (Wildman–Crippen MR) is 61.1 cm³/mol. The highest BCUT2D eigenvalue weighted by atomic mass is 32.2. The van der Waals surface area contributed by atoms with Crippen LogP contribution in [0.15, 0.2) is 40.4 Å². The largest absolute Gasteiger partial charge is 0.388 e. The number of aliphatic hydroxyl groups is 1. The zero-order valence-electron chi connectivity index (χ0n) is 9.21. The minimum atomic E-state index is -3.60. The summed E-state index contributed by atoms with van der Waals surface area (Å²) in [5.41, 5.74) is 0.988. The quantitative estimate of drug-likeness (QED) is 0.855. The lowest BCUT2D eigenvalue weighted by Crippen LogP contribution is -2.02. The molecule has 1 heterocycles. The Kier molecular flexibility index (Phi) is 2.99. The van der Waals surface area contributed by atoms with Crippen LogP contribution in [0.25, 0.3) is 0 Å². The Labute approximate surface area is 99.1 Å². The summed E-state index contributed by atoms with van der Waals surface area (Å²) in [5.74, 6) is 0.232. The van der Waals surface area contributed by atoms with Crippen molar-refractivity contribution in [1.29, 1.82) is 0 Å². The van der Waals surface area contributed by atoms with Gasteiger partial charge in [-0.05, 0) is 19.1 Å². The molecule has 90 valence electrons. The lowest BCUT2D eigenvalue weighted by Gasteiger charge is -2.01. The number of aromatic amines is 1. The van der Waals surface area contributed by atoms with Crippen molar-refractivity contribution in [3.63, 3.8) is 0 Å². The maximum absolute atomic E-state index is 12.1. The van der Waals surface area contributed by atoms with Gasteiger partial charge in [0.15, 0.2) is 5.03 Å². The van der Waals surface area contributed by atoms with E-state index >= 15 is 0 Å². The van der Waals surface area contributed by atoms with Crippen molar-refractivity contribution in [2.24, 2.45) is 0 Å². The Morgan fingerprint density at radius 3 is 2.47 bits per heavy atom. The van der Waals surface area contributed by atoms with Gasteiger partial charge in [0, 0.05) is 6.20 Å². The summed E-state index contributed by atoms with van der Waals surface area (Å²) < 4.78 is 24.2. The molecule has 0 aliphatic rings. The number of aryl methyl sites for hydroxylation is 1. The minimum Gasteiger partial charge on any atom is -0.388 e. The molecule has 0 saturated carbocycles. The van der Waals surface area contributed by atoms with Crippen LogP contribution in [0.1, 0.15) is 11.4 Å². The third-order valence-corrected chi connectivity index (χ3v) is 4.02. The second kappa shape index (κ2) is 4.31. The van der Waals surface area contributed by atoms with E-state index in [9.17, 15) is 8.42 Å². The molecule has 1 aromatic heterocycles. The number of aliphatic hydroxyl groups excluding tert-OH is 1. The van der Waals surface area contributed by atoms with Crippen LogP contribution in [0, 0.1) is 6.92 Å². The number of nitrogens with zero attached hydrogens (tertiary/aromatic N) is 1. The number of aromatic nitrogens is 2. The predicted octanol–water partition coefficient (Wildman–Crippen LogP) is 1.04. The summed E-state index contributed by atoms with van der Waals surface area (Å²) in [5, 5.41) is 8.76. The van der Waals surface area contributed by atoms with Crippen molar-refractivity contribution in [3.8, 4) is 0 Å². The van der Waals surface area contributed by atoms with Gasteiger partial charge in [-0.3, -0.25) is 0 Å². The molecule has 0 fully saturated rings. The molecule has 0 saturated heterocycles. The Morgan fingerprint density at radius 1 is 1.29 bits per heavy atom. The van der Waals surface area contributed by atoms with Crippen molar-refractivity contribution >= 4 is 9.84 Å². The van der Waals surface area contributed by atoms with Gasteiger partial charge in [0.2, 0.25) is 9.84 Å². The number of rotatable bonds is 3. The molecule has 2 rings (SSSR count). The smallest absolute Gasteiger partial charge is 0.225 e. The van der Waals surface area contributed by atoms with Gasteiger partial charge >= 0.3 is 0 Å². The first kappa shape index (κ1) is 11.8. The lowest BCUT2D eigenvalue weighted by atomic mass is 10.2. The normalized spacial score (nSPS) is 11.6. The first-order valence-corrected chi connectivity index (χ1v) is 6.49. The fourth-order valence-electron chi connectivity index (χ4n) is 1.40. The molecule has 0 amide bonds. The fourth-order valence-corrected chi connectivity index (χ4v) is 2.58. The van der Waals surface area contributed by atoms with Crippen LogP contribution in [0.4, 0.5) is 0 Å². The van der Waals surface area contributed by atoms with Gasteiger partial charge in [-0.1, -0.05) is 17.7 Å². The molecule has 5 nitrogen and oxygen atoms in total. The lowest BCUT2D eigenvalue weighted by molar-refractivity contribution is 0.272. The first-order chi connectivity index (χ1) is 8.04. The van der Waals surface area contributed by atoms with Crippen LogP contribution < -0.4 is 0 Å². The first-order valence-electron chi connectivity index (χ1n) is 5.01. The molecule has 0 spiro atoms. The van der Waals surface area contributed by atoms with Gasteiger partial charge in [-0.25, -0.2) is 13.4 Å². The summed E-state index contributed by atoms with van der Waals surface area (Å²) in [6.07, 6.45) is 1.28. The van der Waals surface area contributed by atoms with Gasteiger partial charge < -0.3 is 10.1 Å². The number of H-pyrrole nitrogens is 1. The Balaban J connectivity index is 2.46. The van der Waals surface area contributed by atoms with Gasteiger partial charge in [-0.15, -0.1) is 0 Å². The fraction of sp³-hybridized carbons (Fsp3) is 0.182. The molecule has 0 atom stereocenters. The number of nitrogens with one attached hydrogen (secondary N) is 1. The monoisotopic (exact) mass is 252 g/mol. The maximum atomic E-state index is 12.1. The third kappa shape index (κ3) is 2.22. The molecule has 0 bridgehead atoms. The van der Waals surface area contributed by atoms with E-state index in [2.05, 4.69) is 9.97 Å². The summed E-state index contributed by atoms with van der Waals surface area (Å²) in [4.78, 5) is 6.60. The van der Waals surface area contributed by atoms with E-state index in [1.54, 1.807) is 12.1 Å². The van der Waals surface area contributed by atoms with E-state index in [-0.39, 0.29) is 22.4 Å². The van der Waals surface area contributed by atoms with E-state index < -0.39 is 9.84 Å². The minimum absolute atomic E-state index is 0.0783. The van der Waals surface area contributed by atoms with Gasteiger partial charge in [0.25, 0.3) is 0 Å². The summed E-state index contributed by atoms with van der Waals surface area (Å²) >= 11 is 0. The Hall–Kier alpha value is -1.66. The van der Waals surface area contributed by atoms with E-state index in [1.807, 2.05) is 6.92 Å². The molecule has 0 aliphatic carbocycles. The van der Waals surface area contributed by atoms with Crippen molar-refractivity contribution in [1.82, 2.24) is 9.97 Å². The Bertz CT molecular complexity index is 614. The molecule has 0 aliphatic heterocycles. The topological polar surface area (TPSA) is 83.0 Å². The number of hydrogen-bond donors (Lipinski definition) is 2. The van der Waals surface area contributed by atoms with E-state index in [0.717, 1.165) is 5.56 Å². The number of imidazole rings is 1. The van der Waals surface area contributed by atoms with Crippen LogP contribution in [0.2, 0.25) is 0 Å². The molecule has 2 N–H and O–H groups in total. The van der Waals surface area contributed by atoms with Crippen molar-refractivity contribution in [2.45, 2.75) is 23.5 Å². The number of hydrogen-bond acceptors (Lipinski definition) is 4. The van der Waals surface area contributed by atoms with Crippen LogP contribution >= 0.6 is 0 Å². The molecular weight excluding hydrogens is 240 g/mol. The van der Waals surface area contributed by atoms with Gasteiger partial charge in [-0.2, -0.15) is 0 Å². The van der Waals surface area contributed by atoms with Crippen LogP contribution in [0.3, 0.4) is 0 Å². The molecule has 6 heteroatoms. The zero-order chi connectivity index (χ0) is 12.5. The highest BCUT2D eigenvalue weighted by Gasteiger charge is 2.20. The molecule has 0 radical (unpaired) electrons. The molecule has 1 aromatic carbocycles. The number of sulfone groups is 1. The number of benzene rings is 1. The molecule has 0 unspecified atom stereocenters. The molecule has 17 heavy (non-hydrogen) atoms. The summed E-state index contributed by atoms with van der Waals surface area (Å²) in [6, 6.07) is 6.54. The SMILES string of the molecule is Cc1ccc(S(=O)(=O)c2c[nH]c(CO)n2)cc1. The van der Waals surface area contributed by atoms with Crippen molar-refractivity contribution < 1.29 is 13.5 Å². The summed E-state index contributed by atoms with van der Waals surface area (Å²) in [7, 11) is -3.60. The highest BCUT2D eigenvalue weighted by molar-refractivity contribution is 7.91.